The van der Waals surface area contributed by atoms with E-state index < -0.39 is 0 Å². The first kappa shape index (κ1) is 16.4. The normalized spacial score (nSPS) is 17.4. The minimum absolute atomic E-state index is 0.0533. The van der Waals surface area contributed by atoms with Crippen molar-refractivity contribution in [2.75, 3.05) is 20.3 Å². The SMILES string of the molecule is COCCc1noc(CNC(=O)N2CCC[C@@H]2c2cc(C)on2)n1. The standard InChI is InChI=1S/C15H21N5O4/c1-10-8-11(18-23-10)12-4-3-6-20(12)15(21)16-9-14-17-13(19-24-14)5-7-22-2/h8,12H,3-7,9H2,1-2H3,(H,16,21)/t12-/m1/s1. The maximum absolute atomic E-state index is 12.4. The molecule has 2 aromatic rings. The van der Waals surface area contributed by atoms with Gasteiger partial charge in [0.05, 0.1) is 19.2 Å². The fourth-order valence-electron chi connectivity index (χ4n) is 2.77. The van der Waals surface area contributed by atoms with Crippen molar-refractivity contribution >= 4 is 6.03 Å². The number of aryl methyl sites for hydroxylation is 1. The van der Waals surface area contributed by atoms with E-state index >= 15 is 0 Å². The number of aromatic nitrogens is 3. The van der Waals surface area contributed by atoms with Crippen LogP contribution in [0.4, 0.5) is 4.79 Å². The molecule has 1 atom stereocenters. The summed E-state index contributed by atoms with van der Waals surface area (Å²) in [7, 11) is 1.62. The predicted molar refractivity (Wildman–Crippen MR) is 82.0 cm³/mol. The Balaban J connectivity index is 1.55. The molecule has 2 aromatic heterocycles. The van der Waals surface area contributed by atoms with Crippen molar-refractivity contribution in [2.24, 2.45) is 0 Å². The molecule has 0 aromatic carbocycles. The molecule has 1 N–H and O–H groups in total. The van der Waals surface area contributed by atoms with Crippen LogP contribution in [0.3, 0.4) is 0 Å². The molecule has 0 radical (unpaired) electrons. The lowest BCUT2D eigenvalue weighted by Crippen LogP contribution is -2.39. The van der Waals surface area contributed by atoms with E-state index in [9.17, 15) is 4.79 Å². The first-order valence-electron chi connectivity index (χ1n) is 7.95. The Kier molecular flexibility index (Phi) is 5.09. The van der Waals surface area contributed by atoms with Gasteiger partial charge in [-0.25, -0.2) is 4.79 Å². The van der Waals surface area contributed by atoms with E-state index in [-0.39, 0.29) is 18.6 Å². The lowest BCUT2D eigenvalue weighted by atomic mass is 10.1. The van der Waals surface area contributed by atoms with Crippen molar-refractivity contribution in [2.45, 2.75) is 38.8 Å². The van der Waals surface area contributed by atoms with Gasteiger partial charge in [-0.1, -0.05) is 10.3 Å². The molecule has 3 rings (SSSR count). The summed E-state index contributed by atoms with van der Waals surface area (Å²) in [5.41, 5.74) is 0.791. The summed E-state index contributed by atoms with van der Waals surface area (Å²) in [5, 5.41) is 10.7. The third-order valence-electron chi connectivity index (χ3n) is 3.93. The Labute approximate surface area is 139 Å². The van der Waals surface area contributed by atoms with Crippen molar-refractivity contribution in [3.05, 3.63) is 29.2 Å². The number of likely N-dealkylation sites (tertiary alicyclic amines) is 1. The van der Waals surface area contributed by atoms with Crippen LogP contribution in [-0.2, 0) is 17.7 Å². The van der Waals surface area contributed by atoms with Crippen LogP contribution in [0.5, 0.6) is 0 Å². The molecule has 1 fully saturated rings. The number of hydrogen-bond acceptors (Lipinski definition) is 7. The zero-order valence-electron chi connectivity index (χ0n) is 13.8. The molecule has 0 aliphatic carbocycles. The second-order valence-electron chi connectivity index (χ2n) is 5.72. The monoisotopic (exact) mass is 335 g/mol. The van der Waals surface area contributed by atoms with Crippen molar-refractivity contribution in [3.63, 3.8) is 0 Å². The fourth-order valence-corrected chi connectivity index (χ4v) is 2.77. The summed E-state index contributed by atoms with van der Waals surface area (Å²) < 4.78 is 15.2. The molecule has 0 saturated carbocycles. The molecular formula is C15H21N5O4. The molecule has 3 heterocycles. The van der Waals surface area contributed by atoms with E-state index in [1.54, 1.807) is 12.0 Å². The highest BCUT2D eigenvalue weighted by molar-refractivity contribution is 5.74. The number of rotatable bonds is 6. The first-order valence-corrected chi connectivity index (χ1v) is 7.95. The highest BCUT2D eigenvalue weighted by atomic mass is 16.5. The summed E-state index contributed by atoms with van der Waals surface area (Å²) in [6.45, 7) is 3.25. The third-order valence-corrected chi connectivity index (χ3v) is 3.93. The summed E-state index contributed by atoms with van der Waals surface area (Å²) >= 11 is 0. The van der Waals surface area contributed by atoms with Crippen LogP contribution in [0.2, 0.25) is 0 Å². The van der Waals surface area contributed by atoms with Crippen LogP contribution in [0, 0.1) is 6.92 Å². The Morgan fingerprint density at radius 3 is 3.08 bits per heavy atom. The number of amides is 2. The molecule has 2 amide bonds. The summed E-state index contributed by atoms with van der Waals surface area (Å²) in [5.74, 6) is 1.69. The number of carbonyl (C=O) groups excluding carboxylic acids is 1. The fraction of sp³-hybridized carbons (Fsp3) is 0.600. The molecule has 130 valence electrons. The van der Waals surface area contributed by atoms with E-state index in [0.29, 0.717) is 31.3 Å². The second-order valence-corrected chi connectivity index (χ2v) is 5.72. The van der Waals surface area contributed by atoms with Gasteiger partial charge in [0.1, 0.15) is 11.5 Å². The molecule has 1 saturated heterocycles. The number of ether oxygens (including phenoxy) is 1. The van der Waals surface area contributed by atoms with Crippen molar-refractivity contribution in [1.29, 1.82) is 0 Å². The average molecular weight is 335 g/mol. The van der Waals surface area contributed by atoms with Crippen LogP contribution < -0.4 is 5.32 Å². The molecule has 0 unspecified atom stereocenters. The number of nitrogens with one attached hydrogen (secondary N) is 1. The highest BCUT2D eigenvalue weighted by Gasteiger charge is 2.32. The van der Waals surface area contributed by atoms with Crippen molar-refractivity contribution in [3.8, 4) is 0 Å². The van der Waals surface area contributed by atoms with Gasteiger partial charge in [0.2, 0.25) is 5.89 Å². The maximum Gasteiger partial charge on any atom is 0.318 e. The van der Waals surface area contributed by atoms with Gasteiger partial charge < -0.3 is 24.0 Å². The van der Waals surface area contributed by atoms with E-state index in [1.807, 2.05) is 13.0 Å². The van der Waals surface area contributed by atoms with E-state index in [4.69, 9.17) is 13.8 Å². The summed E-state index contributed by atoms with van der Waals surface area (Å²) in [6, 6.07) is 1.65. The van der Waals surface area contributed by atoms with Gasteiger partial charge in [-0.05, 0) is 19.8 Å². The smallest absolute Gasteiger partial charge is 0.318 e. The largest absolute Gasteiger partial charge is 0.384 e. The summed E-state index contributed by atoms with van der Waals surface area (Å²) in [6.07, 6.45) is 2.39. The zero-order valence-corrected chi connectivity index (χ0v) is 13.8. The Bertz CT molecular complexity index is 683. The number of hydrogen-bond donors (Lipinski definition) is 1. The van der Waals surface area contributed by atoms with Gasteiger partial charge in [-0.15, -0.1) is 0 Å². The topological polar surface area (TPSA) is 107 Å². The highest BCUT2D eigenvalue weighted by Crippen LogP contribution is 2.31. The van der Waals surface area contributed by atoms with Gasteiger partial charge >= 0.3 is 6.03 Å². The molecule has 0 bridgehead atoms. The molecular weight excluding hydrogens is 314 g/mol. The van der Waals surface area contributed by atoms with Crippen LogP contribution in [0.15, 0.2) is 15.1 Å². The molecule has 1 aliphatic rings. The van der Waals surface area contributed by atoms with Crippen molar-refractivity contribution < 1.29 is 18.6 Å². The van der Waals surface area contributed by atoms with Crippen LogP contribution in [0.1, 0.15) is 42.1 Å². The van der Waals surface area contributed by atoms with Gasteiger partial charge in [0, 0.05) is 26.1 Å². The first-order chi connectivity index (χ1) is 11.7. The Morgan fingerprint density at radius 1 is 1.46 bits per heavy atom. The molecule has 1 aliphatic heterocycles. The minimum atomic E-state index is -0.171. The predicted octanol–water partition coefficient (Wildman–Crippen LogP) is 1.60. The lowest BCUT2D eigenvalue weighted by molar-refractivity contribution is 0.188. The van der Waals surface area contributed by atoms with Gasteiger partial charge in [0.25, 0.3) is 0 Å². The van der Waals surface area contributed by atoms with E-state index in [1.165, 1.54) is 0 Å². The quantitative estimate of drug-likeness (QED) is 0.854. The molecule has 9 heteroatoms. The lowest BCUT2D eigenvalue weighted by Gasteiger charge is -2.22. The molecule has 24 heavy (non-hydrogen) atoms. The third kappa shape index (κ3) is 3.73. The Hall–Kier alpha value is -2.42. The minimum Gasteiger partial charge on any atom is -0.384 e. The number of methoxy groups -OCH3 is 1. The average Bonchev–Trinajstić information content (AvgIpc) is 3.30. The van der Waals surface area contributed by atoms with Crippen LogP contribution >= 0.6 is 0 Å². The van der Waals surface area contributed by atoms with Gasteiger partial charge in [-0.2, -0.15) is 4.98 Å². The number of carbonyl (C=O) groups is 1. The maximum atomic E-state index is 12.4. The van der Waals surface area contributed by atoms with Gasteiger partial charge in [-0.3, -0.25) is 0 Å². The van der Waals surface area contributed by atoms with Crippen LogP contribution in [-0.4, -0.2) is 46.5 Å². The van der Waals surface area contributed by atoms with E-state index in [2.05, 4.69) is 20.6 Å². The zero-order chi connectivity index (χ0) is 16.9. The molecule has 0 spiro atoms. The summed E-state index contributed by atoms with van der Waals surface area (Å²) in [4.78, 5) is 18.4. The molecule has 9 nitrogen and oxygen atoms in total. The van der Waals surface area contributed by atoms with Crippen LogP contribution in [0.25, 0.3) is 0 Å². The second kappa shape index (κ2) is 7.43. The van der Waals surface area contributed by atoms with Gasteiger partial charge in [0.15, 0.2) is 5.82 Å². The van der Waals surface area contributed by atoms with Crippen molar-refractivity contribution in [1.82, 2.24) is 25.5 Å². The number of nitrogens with zero attached hydrogens (tertiary/aromatic N) is 4. The number of urea groups is 1. The Morgan fingerprint density at radius 2 is 2.33 bits per heavy atom. The van der Waals surface area contributed by atoms with E-state index in [0.717, 1.165) is 24.3 Å².